The summed E-state index contributed by atoms with van der Waals surface area (Å²) in [6.45, 7) is 4.33. The minimum Gasteiger partial charge on any atom is -0.384 e. The average molecular weight is 357 g/mol. The van der Waals surface area contributed by atoms with Gasteiger partial charge in [0.2, 0.25) is 5.89 Å². The average Bonchev–Trinajstić information content (AvgIpc) is 3.25. The second kappa shape index (κ2) is 6.99. The summed E-state index contributed by atoms with van der Waals surface area (Å²) in [5, 5.41) is 9.58. The van der Waals surface area contributed by atoms with Gasteiger partial charge in [-0.2, -0.15) is 10.1 Å². The van der Waals surface area contributed by atoms with Crippen LogP contribution in [0.25, 0.3) is 11.0 Å². The number of hydrogen-bond acceptors (Lipinski definition) is 8. The number of aryl methyl sites for hydroxylation is 2. The molecule has 138 valence electrons. The SMILES string of the molecule is COCCc1noc([C@@H]2CCCN(c3ncnc4c3c(C)nn4C)C2)n1. The Balaban J connectivity index is 1.58. The molecule has 9 nitrogen and oxygen atoms in total. The van der Waals surface area contributed by atoms with Crippen LogP contribution in [-0.4, -0.2) is 56.7 Å². The predicted octanol–water partition coefficient (Wildman–Crippen LogP) is 1.63. The van der Waals surface area contributed by atoms with E-state index in [1.165, 1.54) is 0 Å². The van der Waals surface area contributed by atoms with E-state index >= 15 is 0 Å². The summed E-state index contributed by atoms with van der Waals surface area (Å²) in [7, 11) is 3.58. The topological polar surface area (TPSA) is 95.0 Å². The minimum absolute atomic E-state index is 0.203. The highest BCUT2D eigenvalue weighted by Crippen LogP contribution is 2.32. The van der Waals surface area contributed by atoms with Crippen molar-refractivity contribution in [2.75, 3.05) is 31.7 Å². The van der Waals surface area contributed by atoms with Gasteiger partial charge >= 0.3 is 0 Å². The third-order valence-corrected chi connectivity index (χ3v) is 4.86. The van der Waals surface area contributed by atoms with Crippen LogP contribution in [0.3, 0.4) is 0 Å². The van der Waals surface area contributed by atoms with Gasteiger partial charge in [-0.1, -0.05) is 5.16 Å². The first-order chi connectivity index (χ1) is 12.7. The normalized spacial score (nSPS) is 18.0. The second-order valence-corrected chi connectivity index (χ2v) is 6.68. The summed E-state index contributed by atoms with van der Waals surface area (Å²) < 4.78 is 12.4. The Morgan fingerprint density at radius 3 is 3.08 bits per heavy atom. The molecule has 4 heterocycles. The first-order valence-electron chi connectivity index (χ1n) is 8.88. The number of piperidine rings is 1. The van der Waals surface area contributed by atoms with E-state index in [1.54, 1.807) is 18.1 Å². The molecule has 9 heteroatoms. The largest absolute Gasteiger partial charge is 0.384 e. The van der Waals surface area contributed by atoms with E-state index in [0.29, 0.717) is 24.7 Å². The van der Waals surface area contributed by atoms with Gasteiger partial charge in [0.15, 0.2) is 11.5 Å². The van der Waals surface area contributed by atoms with Crippen molar-refractivity contribution in [2.24, 2.45) is 7.05 Å². The van der Waals surface area contributed by atoms with Crippen LogP contribution in [0.2, 0.25) is 0 Å². The molecule has 4 rings (SSSR count). The number of nitrogens with zero attached hydrogens (tertiary/aromatic N) is 7. The molecular formula is C17H23N7O2. The molecule has 1 saturated heterocycles. The lowest BCUT2D eigenvalue weighted by Gasteiger charge is -2.32. The molecular weight excluding hydrogens is 334 g/mol. The molecule has 0 saturated carbocycles. The van der Waals surface area contributed by atoms with Crippen molar-refractivity contribution in [3.05, 3.63) is 23.7 Å². The van der Waals surface area contributed by atoms with Crippen LogP contribution in [0.4, 0.5) is 5.82 Å². The number of hydrogen-bond donors (Lipinski definition) is 0. The molecule has 0 spiro atoms. The van der Waals surface area contributed by atoms with Crippen molar-refractivity contribution in [1.82, 2.24) is 29.9 Å². The molecule has 1 aliphatic rings. The third-order valence-electron chi connectivity index (χ3n) is 4.86. The lowest BCUT2D eigenvalue weighted by Crippen LogP contribution is -2.35. The number of rotatable bonds is 5. The number of anilines is 1. The van der Waals surface area contributed by atoms with E-state index in [4.69, 9.17) is 9.26 Å². The minimum atomic E-state index is 0.203. The van der Waals surface area contributed by atoms with Crippen LogP contribution in [0.5, 0.6) is 0 Å². The maximum Gasteiger partial charge on any atom is 0.231 e. The van der Waals surface area contributed by atoms with Gasteiger partial charge in [-0.25, -0.2) is 9.97 Å². The quantitative estimate of drug-likeness (QED) is 0.680. The van der Waals surface area contributed by atoms with E-state index in [0.717, 1.165) is 48.5 Å². The molecule has 1 fully saturated rings. The van der Waals surface area contributed by atoms with E-state index in [-0.39, 0.29) is 5.92 Å². The second-order valence-electron chi connectivity index (χ2n) is 6.68. The van der Waals surface area contributed by atoms with E-state index < -0.39 is 0 Å². The van der Waals surface area contributed by atoms with Gasteiger partial charge in [0.05, 0.1) is 23.6 Å². The highest BCUT2D eigenvalue weighted by atomic mass is 16.5. The van der Waals surface area contributed by atoms with Crippen LogP contribution >= 0.6 is 0 Å². The smallest absolute Gasteiger partial charge is 0.231 e. The molecule has 0 radical (unpaired) electrons. The fraction of sp³-hybridized carbons (Fsp3) is 0.588. The molecule has 3 aromatic heterocycles. The Morgan fingerprint density at radius 1 is 1.35 bits per heavy atom. The van der Waals surface area contributed by atoms with Crippen molar-refractivity contribution in [2.45, 2.75) is 32.1 Å². The molecule has 0 N–H and O–H groups in total. The number of ether oxygens (including phenoxy) is 1. The van der Waals surface area contributed by atoms with Gasteiger partial charge in [-0.3, -0.25) is 4.68 Å². The van der Waals surface area contributed by atoms with E-state index in [1.807, 2.05) is 14.0 Å². The standard InChI is InChI=1S/C17H23N7O2/c1-11-14-15(23(2)21-11)18-10-19-16(14)24-7-4-5-12(9-24)17-20-13(22-26-17)6-8-25-3/h10,12H,4-9H2,1-3H3/t12-/m1/s1. The Kier molecular flexibility index (Phi) is 4.54. The maximum absolute atomic E-state index is 5.51. The number of fused-ring (bicyclic) bond motifs is 1. The summed E-state index contributed by atoms with van der Waals surface area (Å²) in [6.07, 6.45) is 4.35. The van der Waals surface area contributed by atoms with E-state index in [2.05, 4.69) is 30.1 Å². The lowest BCUT2D eigenvalue weighted by molar-refractivity contribution is 0.199. The van der Waals surface area contributed by atoms with Gasteiger partial charge in [-0.15, -0.1) is 0 Å². The van der Waals surface area contributed by atoms with Gasteiger partial charge in [0.25, 0.3) is 0 Å². The molecule has 0 amide bonds. The Morgan fingerprint density at radius 2 is 2.23 bits per heavy atom. The molecule has 1 atom stereocenters. The molecule has 0 unspecified atom stereocenters. The zero-order valence-electron chi connectivity index (χ0n) is 15.3. The molecule has 0 aromatic carbocycles. The van der Waals surface area contributed by atoms with Crippen molar-refractivity contribution in [1.29, 1.82) is 0 Å². The van der Waals surface area contributed by atoms with Gasteiger partial charge < -0.3 is 14.2 Å². The zero-order valence-corrected chi connectivity index (χ0v) is 15.3. The summed E-state index contributed by atoms with van der Waals surface area (Å²) in [5.74, 6) is 2.54. The van der Waals surface area contributed by atoms with Crippen molar-refractivity contribution in [3.63, 3.8) is 0 Å². The molecule has 0 bridgehead atoms. The molecule has 3 aromatic rings. The van der Waals surface area contributed by atoms with Crippen molar-refractivity contribution in [3.8, 4) is 0 Å². The number of methoxy groups -OCH3 is 1. The van der Waals surface area contributed by atoms with Gasteiger partial charge in [0, 0.05) is 33.7 Å². The zero-order chi connectivity index (χ0) is 18.1. The maximum atomic E-state index is 5.51. The fourth-order valence-electron chi connectivity index (χ4n) is 3.60. The summed E-state index contributed by atoms with van der Waals surface area (Å²) in [6, 6.07) is 0. The Labute approximate surface area is 151 Å². The highest BCUT2D eigenvalue weighted by molar-refractivity contribution is 5.89. The van der Waals surface area contributed by atoms with Crippen LogP contribution in [0.15, 0.2) is 10.9 Å². The van der Waals surface area contributed by atoms with Crippen LogP contribution in [-0.2, 0) is 18.2 Å². The Bertz CT molecular complexity index is 904. The van der Waals surface area contributed by atoms with Crippen LogP contribution in [0, 0.1) is 6.92 Å². The molecule has 26 heavy (non-hydrogen) atoms. The summed E-state index contributed by atoms with van der Waals surface area (Å²) >= 11 is 0. The van der Waals surface area contributed by atoms with E-state index in [9.17, 15) is 0 Å². The first kappa shape index (κ1) is 16.9. The lowest BCUT2D eigenvalue weighted by atomic mass is 9.97. The van der Waals surface area contributed by atoms with Crippen molar-refractivity contribution >= 4 is 16.9 Å². The van der Waals surface area contributed by atoms with Gasteiger partial charge in [-0.05, 0) is 19.8 Å². The van der Waals surface area contributed by atoms with Crippen LogP contribution in [0.1, 0.15) is 36.2 Å². The fourth-order valence-corrected chi connectivity index (χ4v) is 3.60. The summed E-state index contributed by atoms with van der Waals surface area (Å²) in [4.78, 5) is 15.8. The first-order valence-corrected chi connectivity index (χ1v) is 8.88. The molecule has 1 aliphatic heterocycles. The third kappa shape index (κ3) is 3.03. The monoisotopic (exact) mass is 357 g/mol. The summed E-state index contributed by atoms with van der Waals surface area (Å²) in [5.41, 5.74) is 1.80. The highest BCUT2D eigenvalue weighted by Gasteiger charge is 2.28. The van der Waals surface area contributed by atoms with Crippen molar-refractivity contribution < 1.29 is 9.26 Å². The number of aromatic nitrogens is 6. The molecule has 0 aliphatic carbocycles. The van der Waals surface area contributed by atoms with Gasteiger partial charge in [0.1, 0.15) is 12.1 Å². The predicted molar refractivity (Wildman–Crippen MR) is 95.1 cm³/mol. The Hall–Kier alpha value is -2.55. The van der Waals surface area contributed by atoms with Crippen LogP contribution < -0.4 is 4.90 Å².